The second kappa shape index (κ2) is 9.23. The molecule has 1 atom stereocenters. The Kier molecular flexibility index (Phi) is 7.01. The Hall–Kier alpha value is -2.80. The normalized spacial score (nSPS) is 11.3. The van der Waals surface area contributed by atoms with Gasteiger partial charge in [0.05, 0.1) is 34.1 Å². The highest BCUT2D eigenvalue weighted by Crippen LogP contribution is 2.40. The van der Waals surface area contributed by atoms with E-state index in [1.54, 1.807) is 37.3 Å². The molecule has 2 aromatic rings. The number of benzene rings is 2. The van der Waals surface area contributed by atoms with Crippen LogP contribution in [0.5, 0.6) is 23.0 Å². The van der Waals surface area contributed by atoms with Crippen LogP contribution in [-0.2, 0) is 4.79 Å². The van der Waals surface area contributed by atoms with Crippen LogP contribution >= 0.6 is 11.6 Å². The van der Waals surface area contributed by atoms with Crippen molar-refractivity contribution in [3.63, 3.8) is 0 Å². The molecule has 0 spiro atoms. The highest BCUT2D eigenvalue weighted by molar-refractivity contribution is 6.31. The van der Waals surface area contributed by atoms with E-state index in [9.17, 15) is 4.79 Å². The zero-order valence-electron chi connectivity index (χ0n) is 15.9. The van der Waals surface area contributed by atoms with Crippen LogP contribution in [0.1, 0.15) is 6.92 Å². The molecule has 0 unspecified atom stereocenters. The Bertz CT molecular complexity index is 788. The van der Waals surface area contributed by atoms with Crippen molar-refractivity contribution in [3.05, 3.63) is 35.4 Å². The van der Waals surface area contributed by atoms with Crippen molar-refractivity contribution in [3.8, 4) is 23.0 Å². The lowest BCUT2D eigenvalue weighted by molar-refractivity contribution is -0.116. The second-order valence-corrected chi connectivity index (χ2v) is 6.05. The van der Waals surface area contributed by atoms with Gasteiger partial charge in [0.1, 0.15) is 11.8 Å². The molecule has 0 aliphatic rings. The standard InChI is InChI=1S/C19H23ClN2O5/c1-11(19(23)22-14-8-12(20)6-7-15(14)24-2)21-13-9-16(25-3)18(27-5)17(10-13)26-4/h6-11,21H,1-5H3,(H,22,23)/t11-/m0/s1. The maximum absolute atomic E-state index is 12.6. The van der Waals surface area contributed by atoms with Crippen LogP contribution in [0, 0.1) is 0 Å². The van der Waals surface area contributed by atoms with Gasteiger partial charge in [-0.2, -0.15) is 0 Å². The number of carbonyl (C=O) groups excluding carboxylic acids is 1. The first-order valence-electron chi connectivity index (χ1n) is 8.14. The Balaban J connectivity index is 2.18. The largest absolute Gasteiger partial charge is 0.495 e. The minimum absolute atomic E-state index is 0.260. The number of nitrogens with one attached hydrogen (secondary N) is 2. The number of rotatable bonds is 8. The maximum atomic E-state index is 12.6. The molecule has 2 aromatic carbocycles. The van der Waals surface area contributed by atoms with E-state index in [0.717, 1.165) is 0 Å². The van der Waals surface area contributed by atoms with Gasteiger partial charge >= 0.3 is 0 Å². The first kappa shape index (κ1) is 20.5. The molecule has 2 N–H and O–H groups in total. The predicted octanol–water partition coefficient (Wildman–Crippen LogP) is 3.81. The van der Waals surface area contributed by atoms with Crippen molar-refractivity contribution in [2.24, 2.45) is 0 Å². The highest BCUT2D eigenvalue weighted by Gasteiger charge is 2.18. The summed E-state index contributed by atoms with van der Waals surface area (Å²) in [5.41, 5.74) is 1.14. The van der Waals surface area contributed by atoms with Gasteiger partial charge in [-0.1, -0.05) is 11.6 Å². The zero-order valence-corrected chi connectivity index (χ0v) is 16.6. The number of ether oxygens (including phenoxy) is 4. The molecule has 27 heavy (non-hydrogen) atoms. The fraction of sp³-hybridized carbons (Fsp3) is 0.316. The minimum Gasteiger partial charge on any atom is -0.495 e. The number of halogens is 1. The van der Waals surface area contributed by atoms with Crippen LogP contribution in [0.25, 0.3) is 0 Å². The lowest BCUT2D eigenvalue weighted by Gasteiger charge is -2.19. The average molecular weight is 395 g/mol. The van der Waals surface area contributed by atoms with E-state index < -0.39 is 6.04 Å². The summed E-state index contributed by atoms with van der Waals surface area (Å²) >= 11 is 6.00. The van der Waals surface area contributed by atoms with E-state index in [-0.39, 0.29) is 5.91 Å². The molecule has 0 saturated heterocycles. The van der Waals surface area contributed by atoms with Gasteiger partial charge in [0.2, 0.25) is 11.7 Å². The van der Waals surface area contributed by atoms with Crippen molar-refractivity contribution < 1.29 is 23.7 Å². The van der Waals surface area contributed by atoms with Crippen molar-refractivity contribution in [1.82, 2.24) is 0 Å². The van der Waals surface area contributed by atoms with E-state index in [0.29, 0.717) is 39.4 Å². The summed E-state index contributed by atoms with van der Waals surface area (Å²) in [6, 6.07) is 7.90. The summed E-state index contributed by atoms with van der Waals surface area (Å²) in [5.74, 6) is 1.72. The Labute approximate surface area is 163 Å². The lowest BCUT2D eigenvalue weighted by Crippen LogP contribution is -2.32. The third-order valence-electron chi connectivity index (χ3n) is 3.86. The number of hydrogen-bond acceptors (Lipinski definition) is 6. The number of hydrogen-bond donors (Lipinski definition) is 2. The quantitative estimate of drug-likeness (QED) is 0.708. The molecule has 0 aromatic heterocycles. The van der Waals surface area contributed by atoms with Crippen LogP contribution in [0.3, 0.4) is 0 Å². The summed E-state index contributed by atoms with van der Waals surface area (Å²) in [5, 5.41) is 6.41. The van der Waals surface area contributed by atoms with Gasteiger partial charge in [0, 0.05) is 22.8 Å². The van der Waals surface area contributed by atoms with Crippen molar-refractivity contribution in [2.75, 3.05) is 39.1 Å². The van der Waals surface area contributed by atoms with Crippen LogP contribution in [0.4, 0.5) is 11.4 Å². The molecule has 0 saturated carbocycles. The molecule has 146 valence electrons. The number of anilines is 2. The molecule has 7 nitrogen and oxygen atoms in total. The third kappa shape index (κ3) is 4.89. The van der Waals surface area contributed by atoms with E-state index in [1.165, 1.54) is 28.4 Å². The second-order valence-electron chi connectivity index (χ2n) is 5.61. The Morgan fingerprint density at radius 1 is 0.926 bits per heavy atom. The van der Waals surface area contributed by atoms with Crippen molar-refractivity contribution >= 4 is 28.9 Å². The number of carbonyl (C=O) groups is 1. The van der Waals surface area contributed by atoms with E-state index in [4.69, 9.17) is 30.5 Å². The van der Waals surface area contributed by atoms with Gasteiger partial charge < -0.3 is 29.6 Å². The van der Waals surface area contributed by atoms with Crippen LogP contribution in [0.15, 0.2) is 30.3 Å². The fourth-order valence-electron chi connectivity index (χ4n) is 2.50. The molecule has 8 heteroatoms. The minimum atomic E-state index is -0.559. The Morgan fingerprint density at radius 3 is 2.04 bits per heavy atom. The summed E-state index contributed by atoms with van der Waals surface area (Å²) in [6.45, 7) is 1.73. The van der Waals surface area contributed by atoms with Gasteiger partial charge in [-0.05, 0) is 25.1 Å². The Morgan fingerprint density at radius 2 is 1.52 bits per heavy atom. The van der Waals surface area contributed by atoms with Crippen molar-refractivity contribution in [1.29, 1.82) is 0 Å². The molecule has 0 radical (unpaired) electrons. The third-order valence-corrected chi connectivity index (χ3v) is 4.10. The zero-order chi connectivity index (χ0) is 20.0. The fourth-order valence-corrected chi connectivity index (χ4v) is 2.67. The summed E-state index contributed by atoms with van der Waals surface area (Å²) in [4.78, 5) is 12.6. The van der Waals surface area contributed by atoms with Crippen LogP contribution < -0.4 is 29.6 Å². The van der Waals surface area contributed by atoms with E-state index in [1.807, 2.05) is 0 Å². The average Bonchev–Trinajstić information content (AvgIpc) is 2.67. The van der Waals surface area contributed by atoms with Crippen LogP contribution in [0.2, 0.25) is 5.02 Å². The van der Waals surface area contributed by atoms with Gasteiger partial charge in [-0.25, -0.2) is 0 Å². The highest BCUT2D eigenvalue weighted by atomic mass is 35.5. The smallest absolute Gasteiger partial charge is 0.246 e. The summed E-state index contributed by atoms with van der Waals surface area (Å²) in [6.07, 6.45) is 0. The van der Waals surface area contributed by atoms with E-state index >= 15 is 0 Å². The molecule has 1 amide bonds. The predicted molar refractivity (Wildman–Crippen MR) is 106 cm³/mol. The van der Waals surface area contributed by atoms with Gasteiger partial charge in [0.15, 0.2) is 11.5 Å². The van der Waals surface area contributed by atoms with Gasteiger partial charge in [-0.15, -0.1) is 0 Å². The van der Waals surface area contributed by atoms with Crippen molar-refractivity contribution in [2.45, 2.75) is 13.0 Å². The molecule has 0 aliphatic carbocycles. The summed E-state index contributed by atoms with van der Waals surface area (Å²) in [7, 11) is 6.11. The molecule has 0 bridgehead atoms. The lowest BCUT2D eigenvalue weighted by atomic mass is 10.2. The maximum Gasteiger partial charge on any atom is 0.246 e. The monoisotopic (exact) mass is 394 g/mol. The SMILES string of the molecule is COc1ccc(Cl)cc1NC(=O)[C@H](C)Nc1cc(OC)c(OC)c(OC)c1. The first-order chi connectivity index (χ1) is 12.9. The molecule has 2 rings (SSSR count). The molecule has 0 heterocycles. The number of methoxy groups -OCH3 is 4. The molecule has 0 fully saturated rings. The van der Waals surface area contributed by atoms with E-state index in [2.05, 4.69) is 10.6 Å². The summed E-state index contributed by atoms with van der Waals surface area (Å²) < 4.78 is 21.2. The van der Waals surface area contributed by atoms with Crippen LogP contribution in [-0.4, -0.2) is 40.4 Å². The van der Waals surface area contributed by atoms with Gasteiger partial charge in [0.25, 0.3) is 0 Å². The molecular formula is C19H23ClN2O5. The number of amides is 1. The topological polar surface area (TPSA) is 78.1 Å². The van der Waals surface area contributed by atoms with Gasteiger partial charge in [-0.3, -0.25) is 4.79 Å². The molecule has 0 aliphatic heterocycles. The first-order valence-corrected chi connectivity index (χ1v) is 8.52. The molecular weight excluding hydrogens is 372 g/mol.